The first-order chi connectivity index (χ1) is 20.6. The average Bonchev–Trinajstić information content (AvgIpc) is 3.05. The van der Waals surface area contributed by atoms with Gasteiger partial charge in [0.1, 0.15) is 0 Å². The van der Waals surface area contributed by atoms with E-state index in [1.165, 1.54) is 32.7 Å². The van der Waals surface area contributed by atoms with Crippen molar-refractivity contribution in [2.24, 2.45) is 0 Å². The predicted octanol–water partition coefficient (Wildman–Crippen LogP) is 11.5. The van der Waals surface area contributed by atoms with E-state index in [-0.39, 0.29) is 0 Å². The summed E-state index contributed by atoms with van der Waals surface area (Å²) in [4.78, 5) is 4.55. The minimum absolute atomic E-state index is 0.970. The van der Waals surface area contributed by atoms with Crippen LogP contribution in [-0.4, -0.2) is 0 Å². The van der Waals surface area contributed by atoms with E-state index in [1.807, 2.05) is 24.3 Å². The molecule has 2 heteroatoms. The van der Waals surface area contributed by atoms with Crippen molar-refractivity contribution >= 4 is 50.0 Å². The lowest BCUT2D eigenvalue weighted by atomic mass is 9.92. The number of aryl methyl sites for hydroxylation is 2. The van der Waals surface area contributed by atoms with E-state index in [9.17, 15) is 0 Å². The van der Waals surface area contributed by atoms with Gasteiger partial charge in [-0.05, 0) is 119 Å². The van der Waals surface area contributed by atoms with Crippen LogP contribution < -0.4 is 9.80 Å². The fourth-order valence-electron chi connectivity index (χ4n) is 5.89. The number of para-hydroxylation sites is 3. The third-order valence-corrected chi connectivity index (χ3v) is 7.94. The lowest BCUT2D eigenvalue weighted by molar-refractivity contribution is 1.21. The van der Waals surface area contributed by atoms with Gasteiger partial charge in [-0.25, -0.2) is 0 Å². The van der Waals surface area contributed by atoms with Crippen LogP contribution >= 0.6 is 0 Å². The predicted molar refractivity (Wildman–Crippen MR) is 183 cm³/mol. The van der Waals surface area contributed by atoms with Gasteiger partial charge in [-0.1, -0.05) is 86.0 Å². The van der Waals surface area contributed by atoms with Crippen LogP contribution in [0.1, 0.15) is 11.1 Å². The van der Waals surface area contributed by atoms with Gasteiger partial charge in [0, 0.05) is 34.1 Å². The number of rotatable bonds is 8. The lowest BCUT2D eigenvalue weighted by Crippen LogP contribution is -2.15. The third kappa shape index (κ3) is 4.88. The molecule has 0 atom stereocenters. The molecule has 0 bridgehead atoms. The third-order valence-electron chi connectivity index (χ3n) is 7.94. The second-order valence-corrected chi connectivity index (χ2v) is 10.4. The van der Waals surface area contributed by atoms with Gasteiger partial charge in [-0.3, -0.25) is 0 Å². The largest absolute Gasteiger partial charge is 0.311 e. The van der Waals surface area contributed by atoms with Gasteiger partial charge in [0.15, 0.2) is 0 Å². The average molecular weight is 543 g/mol. The summed E-state index contributed by atoms with van der Waals surface area (Å²) in [5.41, 5.74) is 9.08. The number of anilines is 5. The molecular weight excluding hydrogens is 508 g/mol. The molecule has 6 aromatic rings. The second kappa shape index (κ2) is 11.6. The molecule has 0 spiro atoms. The molecular formula is C40H34N2. The summed E-state index contributed by atoms with van der Waals surface area (Å²) in [5, 5.41) is 5.03. The molecule has 0 saturated heterocycles. The van der Waals surface area contributed by atoms with Crippen molar-refractivity contribution in [3.05, 3.63) is 176 Å². The quantitative estimate of drug-likeness (QED) is 0.139. The SMILES string of the molecule is C=C/C=C(\C=C)N(c1ccccc1)c1ccc2c(C)c3cc(N(c4ccccc4)c4ccccc4)ccc3c(C)c2c1. The highest BCUT2D eigenvalue weighted by Crippen LogP contribution is 2.41. The number of hydrogen-bond acceptors (Lipinski definition) is 2. The second-order valence-electron chi connectivity index (χ2n) is 10.4. The van der Waals surface area contributed by atoms with Crippen molar-refractivity contribution in [2.75, 3.05) is 9.80 Å². The fourth-order valence-corrected chi connectivity index (χ4v) is 5.89. The first-order valence-electron chi connectivity index (χ1n) is 14.3. The van der Waals surface area contributed by atoms with E-state index in [4.69, 9.17) is 0 Å². The molecule has 0 saturated carbocycles. The first kappa shape index (κ1) is 26.9. The minimum atomic E-state index is 0.970. The molecule has 42 heavy (non-hydrogen) atoms. The number of allylic oxidation sites excluding steroid dienone is 3. The molecule has 0 heterocycles. The highest BCUT2D eigenvalue weighted by molar-refractivity contribution is 6.07. The van der Waals surface area contributed by atoms with Crippen LogP contribution in [0.5, 0.6) is 0 Å². The molecule has 6 rings (SSSR count). The zero-order valence-corrected chi connectivity index (χ0v) is 24.2. The van der Waals surface area contributed by atoms with Crippen LogP contribution in [0.3, 0.4) is 0 Å². The van der Waals surface area contributed by atoms with Crippen LogP contribution in [0.15, 0.2) is 164 Å². The maximum atomic E-state index is 4.09. The van der Waals surface area contributed by atoms with Crippen LogP contribution in [0.2, 0.25) is 0 Å². The maximum absolute atomic E-state index is 4.09. The topological polar surface area (TPSA) is 6.48 Å². The van der Waals surface area contributed by atoms with E-state index in [1.54, 1.807) is 0 Å². The molecule has 0 aliphatic rings. The van der Waals surface area contributed by atoms with Crippen molar-refractivity contribution in [3.63, 3.8) is 0 Å². The summed E-state index contributed by atoms with van der Waals surface area (Å²) in [6.45, 7) is 12.5. The molecule has 0 radical (unpaired) electrons. The van der Waals surface area contributed by atoms with Crippen LogP contribution in [0.25, 0.3) is 21.5 Å². The van der Waals surface area contributed by atoms with Crippen molar-refractivity contribution in [1.29, 1.82) is 0 Å². The van der Waals surface area contributed by atoms with Crippen LogP contribution in [0.4, 0.5) is 28.4 Å². The van der Waals surface area contributed by atoms with E-state index in [0.717, 1.165) is 34.1 Å². The minimum Gasteiger partial charge on any atom is -0.311 e. The summed E-state index contributed by atoms with van der Waals surface area (Å²) < 4.78 is 0. The molecule has 2 nitrogen and oxygen atoms in total. The van der Waals surface area contributed by atoms with Crippen molar-refractivity contribution in [2.45, 2.75) is 13.8 Å². The Morgan fingerprint density at radius 3 is 1.43 bits per heavy atom. The molecule has 0 fully saturated rings. The zero-order valence-electron chi connectivity index (χ0n) is 24.2. The Labute approximate surface area is 248 Å². The Kier molecular flexibility index (Phi) is 7.45. The normalized spacial score (nSPS) is 11.4. The molecule has 0 amide bonds. The zero-order chi connectivity index (χ0) is 29.1. The summed E-state index contributed by atoms with van der Waals surface area (Å²) in [6, 6.07) is 45.2. The monoisotopic (exact) mass is 542 g/mol. The van der Waals surface area contributed by atoms with E-state index >= 15 is 0 Å². The van der Waals surface area contributed by atoms with Crippen LogP contribution in [0, 0.1) is 13.8 Å². The van der Waals surface area contributed by atoms with Crippen LogP contribution in [-0.2, 0) is 0 Å². The van der Waals surface area contributed by atoms with Gasteiger partial charge < -0.3 is 9.80 Å². The van der Waals surface area contributed by atoms with Gasteiger partial charge in [-0.2, -0.15) is 0 Å². The smallest absolute Gasteiger partial charge is 0.0468 e. The lowest BCUT2D eigenvalue weighted by Gasteiger charge is -2.27. The molecule has 0 N–H and O–H groups in total. The Morgan fingerprint density at radius 1 is 0.500 bits per heavy atom. The fraction of sp³-hybridized carbons (Fsp3) is 0.0500. The van der Waals surface area contributed by atoms with E-state index in [2.05, 4.69) is 158 Å². The van der Waals surface area contributed by atoms with Gasteiger partial charge in [0.25, 0.3) is 0 Å². The molecule has 0 aromatic heterocycles. The van der Waals surface area contributed by atoms with Gasteiger partial charge in [-0.15, -0.1) is 0 Å². The summed E-state index contributed by atoms with van der Waals surface area (Å²) in [7, 11) is 0. The standard InChI is InChI=1S/C40H34N2/c1-5-16-31(6-2)41(32-17-10-7-11-18-32)35-23-25-37-30(4)40-28-36(24-26-38(40)29(3)39(37)27-35)42(33-19-12-8-13-20-33)34-21-14-9-15-22-34/h5-28H,1-2H2,3-4H3/b31-16+. The Hall–Kier alpha value is -5.34. The van der Waals surface area contributed by atoms with Crippen molar-refractivity contribution in [1.82, 2.24) is 0 Å². The summed E-state index contributed by atoms with van der Waals surface area (Å²) >= 11 is 0. The summed E-state index contributed by atoms with van der Waals surface area (Å²) in [6.07, 6.45) is 5.68. The Morgan fingerprint density at radius 2 is 0.952 bits per heavy atom. The van der Waals surface area contributed by atoms with Gasteiger partial charge in [0.2, 0.25) is 0 Å². The summed E-state index contributed by atoms with van der Waals surface area (Å²) in [5.74, 6) is 0. The van der Waals surface area contributed by atoms with Gasteiger partial charge >= 0.3 is 0 Å². The van der Waals surface area contributed by atoms with Crippen molar-refractivity contribution in [3.8, 4) is 0 Å². The molecule has 204 valence electrons. The molecule has 0 unspecified atom stereocenters. The highest BCUT2D eigenvalue weighted by atomic mass is 15.1. The van der Waals surface area contributed by atoms with Gasteiger partial charge in [0.05, 0.1) is 0 Å². The Balaban J connectivity index is 1.53. The van der Waals surface area contributed by atoms with E-state index in [0.29, 0.717) is 0 Å². The van der Waals surface area contributed by atoms with E-state index < -0.39 is 0 Å². The number of nitrogens with zero attached hydrogens (tertiary/aromatic N) is 2. The first-order valence-corrected chi connectivity index (χ1v) is 14.3. The Bertz CT molecular complexity index is 1880. The molecule has 6 aromatic carbocycles. The highest BCUT2D eigenvalue weighted by Gasteiger charge is 2.18. The number of hydrogen-bond donors (Lipinski definition) is 0. The van der Waals surface area contributed by atoms with Crippen molar-refractivity contribution < 1.29 is 0 Å². The number of benzene rings is 6. The molecule has 0 aliphatic heterocycles. The molecule has 0 aliphatic carbocycles. The number of fused-ring (bicyclic) bond motifs is 2. The maximum Gasteiger partial charge on any atom is 0.0468 e.